The maximum atomic E-state index is 9.51. The van der Waals surface area contributed by atoms with Crippen LogP contribution < -0.4 is 0 Å². The Hall–Kier alpha value is -3.03. The quantitative estimate of drug-likeness (QED) is 0.554. The molecular weight excluding hydrogens is 370 g/mol. The van der Waals surface area contributed by atoms with E-state index in [-0.39, 0.29) is 5.75 Å². The van der Waals surface area contributed by atoms with E-state index < -0.39 is 0 Å². The van der Waals surface area contributed by atoms with Gasteiger partial charge in [0.15, 0.2) is 5.82 Å². The SMILES string of the molecule is Oc1ccc(-c2[nH]ncc2CN2CCc3nc(-c4cccs4)ncc3C2)cc1. The van der Waals surface area contributed by atoms with Gasteiger partial charge in [0, 0.05) is 48.9 Å². The molecule has 6 nitrogen and oxygen atoms in total. The van der Waals surface area contributed by atoms with Gasteiger partial charge in [-0.05, 0) is 35.7 Å². The van der Waals surface area contributed by atoms with Crippen molar-refractivity contribution in [2.24, 2.45) is 0 Å². The molecule has 2 N–H and O–H groups in total. The number of aromatic hydroxyl groups is 1. The lowest BCUT2D eigenvalue weighted by Gasteiger charge is -2.28. The first-order valence-corrected chi connectivity index (χ1v) is 10.1. The Morgan fingerprint density at radius 3 is 2.86 bits per heavy atom. The van der Waals surface area contributed by atoms with Crippen LogP contribution in [-0.2, 0) is 19.5 Å². The first-order valence-electron chi connectivity index (χ1n) is 9.19. The van der Waals surface area contributed by atoms with Crippen LogP contribution in [0.3, 0.4) is 0 Å². The molecule has 1 aromatic carbocycles. The fraction of sp³-hybridized carbons (Fsp3) is 0.190. The van der Waals surface area contributed by atoms with E-state index in [0.717, 1.165) is 59.3 Å². The van der Waals surface area contributed by atoms with Gasteiger partial charge in [0.25, 0.3) is 0 Å². The van der Waals surface area contributed by atoms with Gasteiger partial charge in [-0.3, -0.25) is 10.00 Å². The van der Waals surface area contributed by atoms with Gasteiger partial charge < -0.3 is 5.11 Å². The summed E-state index contributed by atoms with van der Waals surface area (Å²) >= 11 is 1.67. The highest BCUT2D eigenvalue weighted by atomic mass is 32.1. The molecule has 3 aromatic heterocycles. The molecule has 0 saturated heterocycles. The van der Waals surface area contributed by atoms with Crippen molar-refractivity contribution in [2.75, 3.05) is 6.54 Å². The van der Waals surface area contributed by atoms with Crippen LogP contribution in [-0.4, -0.2) is 36.7 Å². The number of hydrogen-bond donors (Lipinski definition) is 2. The molecule has 4 heterocycles. The Labute approximate surface area is 166 Å². The molecular formula is C21H19N5OS. The molecule has 5 rings (SSSR count). The van der Waals surface area contributed by atoms with Gasteiger partial charge in [-0.2, -0.15) is 5.10 Å². The molecule has 0 radical (unpaired) electrons. The van der Waals surface area contributed by atoms with Crippen molar-refractivity contribution in [1.29, 1.82) is 0 Å². The third kappa shape index (κ3) is 3.30. The number of hydrogen-bond acceptors (Lipinski definition) is 6. The molecule has 0 unspecified atom stereocenters. The number of benzene rings is 1. The second-order valence-corrected chi connectivity index (χ2v) is 7.87. The summed E-state index contributed by atoms with van der Waals surface area (Å²) in [7, 11) is 0. The number of phenolic OH excluding ortho intramolecular Hbond substituents is 1. The van der Waals surface area contributed by atoms with E-state index in [1.54, 1.807) is 23.5 Å². The van der Waals surface area contributed by atoms with Crippen molar-refractivity contribution < 1.29 is 5.11 Å². The van der Waals surface area contributed by atoms with E-state index >= 15 is 0 Å². The average Bonchev–Trinajstić information content (AvgIpc) is 3.41. The normalized spacial score (nSPS) is 14.1. The lowest BCUT2D eigenvalue weighted by molar-refractivity contribution is 0.243. The molecule has 0 saturated carbocycles. The van der Waals surface area contributed by atoms with E-state index in [1.807, 2.05) is 30.6 Å². The maximum absolute atomic E-state index is 9.51. The van der Waals surface area contributed by atoms with Crippen LogP contribution >= 0.6 is 11.3 Å². The van der Waals surface area contributed by atoms with E-state index in [4.69, 9.17) is 4.98 Å². The van der Waals surface area contributed by atoms with Crippen LogP contribution in [0.2, 0.25) is 0 Å². The molecule has 140 valence electrons. The topological polar surface area (TPSA) is 77.9 Å². The largest absolute Gasteiger partial charge is 0.508 e. The fourth-order valence-electron chi connectivity index (χ4n) is 3.58. The highest BCUT2D eigenvalue weighted by Gasteiger charge is 2.20. The zero-order valence-electron chi connectivity index (χ0n) is 15.2. The molecule has 0 bridgehead atoms. The number of nitrogens with one attached hydrogen (secondary N) is 1. The van der Waals surface area contributed by atoms with Crippen molar-refractivity contribution in [3.63, 3.8) is 0 Å². The summed E-state index contributed by atoms with van der Waals surface area (Å²) in [6.07, 6.45) is 4.77. The number of nitrogens with zero attached hydrogens (tertiary/aromatic N) is 4. The predicted molar refractivity (Wildman–Crippen MR) is 109 cm³/mol. The molecule has 0 fully saturated rings. The van der Waals surface area contributed by atoms with Crippen molar-refractivity contribution in [2.45, 2.75) is 19.5 Å². The van der Waals surface area contributed by atoms with Crippen LogP contribution in [0.4, 0.5) is 0 Å². The van der Waals surface area contributed by atoms with Crippen molar-refractivity contribution in [3.8, 4) is 27.7 Å². The summed E-state index contributed by atoms with van der Waals surface area (Å²) in [4.78, 5) is 12.9. The minimum atomic E-state index is 0.263. The Balaban J connectivity index is 1.34. The fourth-order valence-corrected chi connectivity index (χ4v) is 4.25. The third-order valence-corrected chi connectivity index (χ3v) is 5.89. The van der Waals surface area contributed by atoms with Crippen molar-refractivity contribution in [3.05, 3.63) is 71.0 Å². The molecule has 0 atom stereocenters. The number of fused-ring (bicyclic) bond motifs is 1. The summed E-state index contributed by atoms with van der Waals surface area (Å²) < 4.78 is 0. The van der Waals surface area contributed by atoms with E-state index in [1.165, 1.54) is 5.56 Å². The number of rotatable bonds is 4. The van der Waals surface area contributed by atoms with Crippen LogP contribution in [0, 0.1) is 0 Å². The molecule has 4 aromatic rings. The Kier molecular flexibility index (Phi) is 4.38. The number of aromatic nitrogens is 4. The van der Waals surface area contributed by atoms with Gasteiger partial charge in [0.2, 0.25) is 0 Å². The van der Waals surface area contributed by atoms with E-state index in [9.17, 15) is 5.11 Å². The molecule has 7 heteroatoms. The van der Waals surface area contributed by atoms with Crippen molar-refractivity contribution >= 4 is 11.3 Å². The van der Waals surface area contributed by atoms with Crippen molar-refractivity contribution in [1.82, 2.24) is 25.1 Å². The van der Waals surface area contributed by atoms with Crippen LogP contribution in [0.1, 0.15) is 16.8 Å². The lowest BCUT2D eigenvalue weighted by atomic mass is 10.0. The van der Waals surface area contributed by atoms with E-state index in [2.05, 4.69) is 31.5 Å². The molecule has 0 amide bonds. The standard InChI is InChI=1S/C21H19N5OS/c27-17-5-3-14(4-6-17)20-16(11-23-25-20)13-26-8-7-18-15(12-26)10-22-21(24-18)19-2-1-9-28-19/h1-6,9-11,27H,7-8,12-13H2,(H,23,25). The van der Waals surface area contributed by atoms with E-state index in [0.29, 0.717) is 0 Å². The second kappa shape index (κ2) is 7.18. The maximum Gasteiger partial charge on any atom is 0.169 e. The van der Waals surface area contributed by atoms with Crippen LogP contribution in [0.25, 0.3) is 22.0 Å². The van der Waals surface area contributed by atoms with Gasteiger partial charge in [0.1, 0.15) is 5.75 Å². The monoisotopic (exact) mass is 389 g/mol. The minimum absolute atomic E-state index is 0.263. The summed E-state index contributed by atoms with van der Waals surface area (Å²) in [5, 5.41) is 18.9. The first-order chi connectivity index (χ1) is 13.8. The third-order valence-electron chi connectivity index (χ3n) is 5.02. The summed E-state index contributed by atoms with van der Waals surface area (Å²) in [5.41, 5.74) is 5.51. The Bertz CT molecular complexity index is 1090. The molecule has 1 aliphatic heterocycles. The zero-order chi connectivity index (χ0) is 18.9. The summed E-state index contributed by atoms with van der Waals surface area (Å²) in [6, 6.07) is 11.3. The highest BCUT2D eigenvalue weighted by Crippen LogP contribution is 2.27. The van der Waals surface area contributed by atoms with Crippen LogP contribution in [0.5, 0.6) is 5.75 Å². The number of thiophene rings is 1. The van der Waals surface area contributed by atoms with Gasteiger partial charge in [-0.15, -0.1) is 11.3 Å². The minimum Gasteiger partial charge on any atom is -0.508 e. The molecule has 0 aliphatic carbocycles. The van der Waals surface area contributed by atoms with Gasteiger partial charge in [0.05, 0.1) is 22.5 Å². The zero-order valence-corrected chi connectivity index (χ0v) is 16.0. The Morgan fingerprint density at radius 1 is 1.14 bits per heavy atom. The number of phenols is 1. The smallest absolute Gasteiger partial charge is 0.169 e. The average molecular weight is 389 g/mol. The van der Waals surface area contributed by atoms with Gasteiger partial charge in [-0.1, -0.05) is 6.07 Å². The van der Waals surface area contributed by atoms with Gasteiger partial charge in [-0.25, -0.2) is 9.97 Å². The molecule has 0 spiro atoms. The number of H-pyrrole nitrogens is 1. The number of aromatic amines is 1. The first kappa shape index (κ1) is 17.1. The van der Waals surface area contributed by atoms with Crippen LogP contribution in [0.15, 0.2) is 54.2 Å². The molecule has 1 aliphatic rings. The van der Waals surface area contributed by atoms with Gasteiger partial charge >= 0.3 is 0 Å². The summed E-state index contributed by atoms with van der Waals surface area (Å²) in [5.74, 6) is 1.09. The Morgan fingerprint density at radius 2 is 2.04 bits per heavy atom. The second-order valence-electron chi connectivity index (χ2n) is 6.92. The lowest BCUT2D eigenvalue weighted by Crippen LogP contribution is -2.31. The highest BCUT2D eigenvalue weighted by molar-refractivity contribution is 7.13. The molecule has 28 heavy (non-hydrogen) atoms. The summed E-state index contributed by atoms with van der Waals surface area (Å²) in [6.45, 7) is 2.59. The predicted octanol–water partition coefficient (Wildman–Crippen LogP) is 3.86.